The molecule has 0 atom stereocenters. The van der Waals surface area contributed by atoms with Crippen molar-refractivity contribution >= 4 is 32.7 Å². The highest BCUT2D eigenvalue weighted by Crippen LogP contribution is 2.35. The van der Waals surface area contributed by atoms with Gasteiger partial charge < -0.3 is 9.42 Å². The summed E-state index contributed by atoms with van der Waals surface area (Å²) in [6, 6.07) is 2.92. The zero-order valence-electron chi connectivity index (χ0n) is 13.7. The van der Waals surface area contributed by atoms with Crippen LogP contribution in [0.3, 0.4) is 0 Å². The average Bonchev–Trinajstić information content (AvgIpc) is 3.15. The first-order valence-corrected chi connectivity index (χ1v) is 8.88. The zero-order valence-corrected chi connectivity index (χ0v) is 15.3. The molecule has 1 aromatic carbocycles. The predicted octanol–water partition coefficient (Wildman–Crippen LogP) is 4.32. The van der Waals surface area contributed by atoms with Crippen molar-refractivity contribution in [3.05, 3.63) is 40.5 Å². The van der Waals surface area contributed by atoms with Crippen LogP contribution < -0.4 is 4.90 Å². The largest absolute Gasteiger partial charge is 0.471 e. The Morgan fingerprint density at radius 2 is 1.89 bits per heavy atom. The van der Waals surface area contributed by atoms with Gasteiger partial charge in [-0.2, -0.15) is 18.2 Å². The van der Waals surface area contributed by atoms with Gasteiger partial charge in [-0.15, -0.1) is 0 Å². The van der Waals surface area contributed by atoms with Crippen LogP contribution >= 0.6 is 15.9 Å². The number of rotatable bonds is 2. The highest BCUT2D eigenvalue weighted by Gasteiger charge is 2.39. The van der Waals surface area contributed by atoms with Crippen LogP contribution in [0.4, 0.5) is 23.4 Å². The quantitative estimate of drug-likeness (QED) is 0.547. The average molecular weight is 446 g/mol. The zero-order chi connectivity index (χ0) is 19.2. The molecular weight excluding hydrogens is 434 g/mol. The van der Waals surface area contributed by atoms with Gasteiger partial charge in [0.25, 0.3) is 0 Å². The minimum Gasteiger partial charge on any atom is -0.356 e. The lowest BCUT2D eigenvalue weighted by molar-refractivity contribution is -0.159. The first kappa shape index (κ1) is 18.1. The molecule has 0 unspecified atom stereocenters. The van der Waals surface area contributed by atoms with Crippen molar-refractivity contribution in [3.8, 4) is 0 Å². The third kappa shape index (κ3) is 3.35. The fourth-order valence-electron chi connectivity index (χ4n) is 3.19. The second-order valence-electron chi connectivity index (χ2n) is 6.17. The fourth-order valence-corrected chi connectivity index (χ4v) is 3.62. The van der Waals surface area contributed by atoms with E-state index in [4.69, 9.17) is 0 Å². The molecule has 1 aliphatic heterocycles. The van der Waals surface area contributed by atoms with Gasteiger partial charge in [0.05, 0.1) is 10.9 Å². The van der Waals surface area contributed by atoms with Gasteiger partial charge in [0.15, 0.2) is 5.82 Å². The molecule has 2 aromatic heterocycles. The minimum absolute atomic E-state index is 0.0449. The summed E-state index contributed by atoms with van der Waals surface area (Å²) in [4.78, 5) is 13.7. The molecular formula is C16H12BrF4N5O. The van der Waals surface area contributed by atoms with Crippen molar-refractivity contribution in [2.75, 3.05) is 18.0 Å². The van der Waals surface area contributed by atoms with Crippen molar-refractivity contribution in [1.29, 1.82) is 0 Å². The Morgan fingerprint density at radius 3 is 2.56 bits per heavy atom. The Hall–Kier alpha value is -2.30. The van der Waals surface area contributed by atoms with Gasteiger partial charge >= 0.3 is 12.1 Å². The molecule has 6 nitrogen and oxygen atoms in total. The van der Waals surface area contributed by atoms with E-state index in [1.807, 2.05) is 4.90 Å². The second-order valence-corrected chi connectivity index (χ2v) is 7.02. The first-order chi connectivity index (χ1) is 12.8. The standard InChI is InChI=1S/C16H12BrF4N5O/c17-9-1-2-10(18)11-12(9)22-7-23-14(11)26-5-3-8(4-6-26)13-24-15(27-25-13)16(19,20)21/h1-2,7-8H,3-6H2. The van der Waals surface area contributed by atoms with Crippen LogP contribution in [0.1, 0.15) is 30.5 Å². The molecule has 3 aromatic rings. The summed E-state index contributed by atoms with van der Waals surface area (Å²) in [5, 5.41) is 3.77. The number of piperidine rings is 1. The lowest BCUT2D eigenvalue weighted by Gasteiger charge is -2.32. The lowest BCUT2D eigenvalue weighted by Crippen LogP contribution is -2.34. The van der Waals surface area contributed by atoms with E-state index in [9.17, 15) is 17.6 Å². The number of hydrogen-bond acceptors (Lipinski definition) is 6. The number of hydrogen-bond donors (Lipinski definition) is 0. The molecule has 11 heteroatoms. The number of halogens is 5. The third-order valence-corrected chi connectivity index (χ3v) is 5.15. The van der Waals surface area contributed by atoms with E-state index >= 15 is 0 Å². The Balaban J connectivity index is 1.56. The Bertz CT molecular complexity index is 985. The molecule has 0 spiro atoms. The van der Waals surface area contributed by atoms with Crippen LogP contribution in [-0.2, 0) is 6.18 Å². The smallest absolute Gasteiger partial charge is 0.356 e. The molecule has 1 saturated heterocycles. The molecule has 3 heterocycles. The molecule has 0 aliphatic carbocycles. The van der Waals surface area contributed by atoms with E-state index in [-0.39, 0.29) is 11.7 Å². The summed E-state index contributed by atoms with van der Waals surface area (Å²) in [5.74, 6) is -1.52. The summed E-state index contributed by atoms with van der Waals surface area (Å²) < 4.78 is 57.2. The normalized spacial score (nSPS) is 16.3. The molecule has 0 bridgehead atoms. The van der Waals surface area contributed by atoms with Crippen molar-refractivity contribution in [2.45, 2.75) is 24.9 Å². The van der Waals surface area contributed by atoms with Crippen LogP contribution in [0, 0.1) is 5.82 Å². The number of aromatic nitrogens is 4. The van der Waals surface area contributed by atoms with E-state index in [0.717, 1.165) is 0 Å². The highest BCUT2D eigenvalue weighted by atomic mass is 79.9. The topological polar surface area (TPSA) is 67.9 Å². The molecule has 0 N–H and O–H groups in total. The maximum Gasteiger partial charge on any atom is 0.471 e. The fraction of sp³-hybridized carbons (Fsp3) is 0.375. The number of benzene rings is 1. The molecule has 142 valence electrons. The summed E-state index contributed by atoms with van der Waals surface area (Å²) in [6.45, 7) is 0.942. The Kier molecular flexibility index (Phi) is 4.49. The number of anilines is 1. The summed E-state index contributed by atoms with van der Waals surface area (Å²) in [6.07, 6.45) is -2.30. The second kappa shape index (κ2) is 6.70. The summed E-state index contributed by atoms with van der Waals surface area (Å²) in [7, 11) is 0. The number of nitrogens with zero attached hydrogens (tertiary/aromatic N) is 5. The van der Waals surface area contributed by atoms with Gasteiger partial charge in [-0.05, 0) is 40.9 Å². The van der Waals surface area contributed by atoms with Crippen molar-refractivity contribution < 1.29 is 22.1 Å². The van der Waals surface area contributed by atoms with E-state index < -0.39 is 17.9 Å². The summed E-state index contributed by atoms with van der Waals surface area (Å²) >= 11 is 3.35. The maximum absolute atomic E-state index is 14.4. The molecule has 0 saturated carbocycles. The molecule has 1 aliphatic rings. The molecule has 4 rings (SSSR count). The van der Waals surface area contributed by atoms with Gasteiger partial charge in [0, 0.05) is 23.5 Å². The van der Waals surface area contributed by atoms with Crippen LogP contribution in [0.25, 0.3) is 10.9 Å². The van der Waals surface area contributed by atoms with Gasteiger partial charge in [0.2, 0.25) is 0 Å². The highest BCUT2D eigenvalue weighted by molar-refractivity contribution is 9.10. The SMILES string of the molecule is Fc1ccc(Br)c2ncnc(N3CCC(c4noc(C(F)(F)F)n4)CC3)c12. The predicted molar refractivity (Wildman–Crippen MR) is 90.7 cm³/mol. The van der Waals surface area contributed by atoms with Gasteiger partial charge in [-0.1, -0.05) is 5.16 Å². The van der Waals surface area contributed by atoms with Gasteiger partial charge in [0.1, 0.15) is 18.0 Å². The van der Waals surface area contributed by atoms with Crippen LogP contribution in [0.15, 0.2) is 27.5 Å². The lowest BCUT2D eigenvalue weighted by atomic mass is 9.96. The van der Waals surface area contributed by atoms with Crippen LogP contribution in [0.2, 0.25) is 0 Å². The van der Waals surface area contributed by atoms with Crippen molar-refractivity contribution in [1.82, 2.24) is 20.1 Å². The Labute approximate surface area is 158 Å². The third-order valence-electron chi connectivity index (χ3n) is 4.51. The van der Waals surface area contributed by atoms with Crippen molar-refractivity contribution in [2.24, 2.45) is 0 Å². The molecule has 0 radical (unpaired) electrons. The molecule has 0 amide bonds. The number of alkyl halides is 3. The minimum atomic E-state index is -4.66. The van der Waals surface area contributed by atoms with Crippen LogP contribution in [-0.4, -0.2) is 33.2 Å². The van der Waals surface area contributed by atoms with E-state index in [1.165, 1.54) is 12.4 Å². The van der Waals surface area contributed by atoms with E-state index in [1.54, 1.807) is 6.07 Å². The van der Waals surface area contributed by atoms with E-state index in [0.29, 0.717) is 47.1 Å². The number of fused-ring (bicyclic) bond motifs is 1. The molecule has 1 fully saturated rings. The van der Waals surface area contributed by atoms with E-state index in [2.05, 4.69) is 40.6 Å². The first-order valence-electron chi connectivity index (χ1n) is 8.09. The maximum atomic E-state index is 14.4. The Morgan fingerprint density at radius 1 is 1.15 bits per heavy atom. The van der Waals surface area contributed by atoms with Gasteiger partial charge in [-0.25, -0.2) is 14.4 Å². The van der Waals surface area contributed by atoms with Crippen LogP contribution in [0.5, 0.6) is 0 Å². The summed E-state index contributed by atoms with van der Waals surface area (Å²) in [5.41, 5.74) is 0.468. The van der Waals surface area contributed by atoms with Gasteiger partial charge in [-0.3, -0.25) is 0 Å². The molecule has 27 heavy (non-hydrogen) atoms. The monoisotopic (exact) mass is 445 g/mol. The van der Waals surface area contributed by atoms with Crippen molar-refractivity contribution in [3.63, 3.8) is 0 Å².